The van der Waals surface area contributed by atoms with Gasteiger partial charge in [-0.3, -0.25) is 0 Å². The Morgan fingerprint density at radius 2 is 2.00 bits per heavy atom. The maximum absolute atomic E-state index is 11.1. The van der Waals surface area contributed by atoms with Crippen LogP contribution in [0.15, 0.2) is 34.9 Å². The van der Waals surface area contributed by atoms with Crippen LogP contribution in [0.1, 0.15) is 16.2 Å². The van der Waals surface area contributed by atoms with E-state index in [-0.39, 0.29) is 5.89 Å². The lowest BCUT2D eigenvalue weighted by Gasteiger charge is -1.96. The summed E-state index contributed by atoms with van der Waals surface area (Å²) in [6.07, 6.45) is 1.51. The molecule has 0 aliphatic rings. The highest BCUT2D eigenvalue weighted by Crippen LogP contribution is 2.20. The van der Waals surface area contributed by atoms with Crippen LogP contribution in [0.4, 0.5) is 0 Å². The summed E-state index contributed by atoms with van der Waals surface area (Å²) in [7, 11) is 1.29. The van der Waals surface area contributed by atoms with Gasteiger partial charge in [0.25, 0.3) is 0 Å². The Hall–Kier alpha value is -2.10. The molecular weight excluding hydrogens is 206 g/mol. The number of aromatic nitrogens is 1. The van der Waals surface area contributed by atoms with Crippen molar-refractivity contribution in [1.29, 1.82) is 0 Å². The number of hydrogen-bond acceptors (Lipinski definition) is 4. The largest absolute Gasteiger partial charge is 0.462 e. The monoisotopic (exact) mass is 217 g/mol. The maximum atomic E-state index is 11.1. The zero-order valence-electron chi connectivity index (χ0n) is 9.06. The fourth-order valence-electron chi connectivity index (χ4n) is 1.31. The number of aryl methyl sites for hydroxylation is 1. The van der Waals surface area contributed by atoms with Crippen LogP contribution in [0.3, 0.4) is 0 Å². The van der Waals surface area contributed by atoms with Crippen molar-refractivity contribution >= 4 is 5.97 Å². The molecule has 0 saturated heterocycles. The molecule has 0 bridgehead atoms. The van der Waals surface area contributed by atoms with E-state index in [4.69, 9.17) is 4.42 Å². The fourth-order valence-corrected chi connectivity index (χ4v) is 1.31. The maximum Gasteiger partial charge on any atom is 0.394 e. The van der Waals surface area contributed by atoms with E-state index in [9.17, 15) is 4.79 Å². The third-order valence-electron chi connectivity index (χ3n) is 2.20. The van der Waals surface area contributed by atoms with E-state index < -0.39 is 5.97 Å². The first-order valence-corrected chi connectivity index (χ1v) is 4.82. The predicted molar refractivity (Wildman–Crippen MR) is 58.0 cm³/mol. The molecule has 0 N–H and O–H groups in total. The molecule has 16 heavy (non-hydrogen) atoms. The van der Waals surface area contributed by atoms with E-state index in [1.165, 1.54) is 13.3 Å². The molecule has 4 nitrogen and oxygen atoms in total. The highest BCUT2D eigenvalue weighted by molar-refractivity contribution is 5.84. The average molecular weight is 217 g/mol. The van der Waals surface area contributed by atoms with Crippen molar-refractivity contribution in [1.82, 2.24) is 4.98 Å². The highest BCUT2D eigenvalue weighted by Gasteiger charge is 2.13. The van der Waals surface area contributed by atoms with Crippen LogP contribution < -0.4 is 0 Å². The van der Waals surface area contributed by atoms with Crippen LogP contribution in [-0.2, 0) is 4.74 Å². The van der Waals surface area contributed by atoms with Gasteiger partial charge < -0.3 is 9.15 Å². The molecule has 1 aromatic carbocycles. The zero-order valence-corrected chi connectivity index (χ0v) is 9.06. The highest BCUT2D eigenvalue weighted by atomic mass is 16.5. The van der Waals surface area contributed by atoms with E-state index in [1.807, 2.05) is 31.2 Å². The van der Waals surface area contributed by atoms with Crippen molar-refractivity contribution in [3.63, 3.8) is 0 Å². The summed E-state index contributed by atoms with van der Waals surface area (Å²) in [5, 5.41) is 0. The van der Waals surface area contributed by atoms with E-state index in [2.05, 4.69) is 9.72 Å². The first-order chi connectivity index (χ1) is 7.70. The average Bonchev–Trinajstić information content (AvgIpc) is 2.78. The van der Waals surface area contributed by atoms with Gasteiger partial charge in [0.2, 0.25) is 0 Å². The molecule has 2 aromatic rings. The van der Waals surface area contributed by atoms with E-state index >= 15 is 0 Å². The second kappa shape index (κ2) is 4.18. The van der Waals surface area contributed by atoms with Gasteiger partial charge in [-0.25, -0.2) is 9.78 Å². The number of carbonyl (C=O) groups is 1. The van der Waals surface area contributed by atoms with Crippen LogP contribution in [0.2, 0.25) is 0 Å². The van der Waals surface area contributed by atoms with Crippen LogP contribution in [0.25, 0.3) is 11.3 Å². The van der Waals surface area contributed by atoms with Crippen molar-refractivity contribution < 1.29 is 13.9 Å². The van der Waals surface area contributed by atoms with Crippen LogP contribution >= 0.6 is 0 Å². The van der Waals surface area contributed by atoms with Gasteiger partial charge in [-0.2, -0.15) is 0 Å². The number of oxazole rings is 1. The minimum Gasteiger partial charge on any atom is -0.462 e. The lowest BCUT2D eigenvalue weighted by atomic mass is 10.1. The quantitative estimate of drug-likeness (QED) is 0.725. The van der Waals surface area contributed by atoms with Gasteiger partial charge in [0.15, 0.2) is 5.76 Å². The molecule has 0 fully saturated rings. The first-order valence-electron chi connectivity index (χ1n) is 4.82. The van der Waals surface area contributed by atoms with Gasteiger partial charge in [-0.1, -0.05) is 29.8 Å². The number of carbonyl (C=O) groups excluding carboxylic acids is 1. The van der Waals surface area contributed by atoms with Crippen LogP contribution in [0, 0.1) is 6.92 Å². The molecule has 4 heteroatoms. The molecule has 0 spiro atoms. The summed E-state index contributed by atoms with van der Waals surface area (Å²) in [5.41, 5.74) is 2.05. The van der Waals surface area contributed by atoms with Gasteiger partial charge in [0.05, 0.1) is 13.3 Å². The van der Waals surface area contributed by atoms with Gasteiger partial charge in [0, 0.05) is 5.56 Å². The Kier molecular flexibility index (Phi) is 2.72. The SMILES string of the molecule is COC(=O)c1ncc(-c2ccc(C)cc2)o1. The molecule has 0 unspecified atom stereocenters. The molecule has 0 radical (unpaired) electrons. The molecule has 0 atom stereocenters. The molecule has 1 heterocycles. The first kappa shape index (κ1) is 10.4. The second-order valence-electron chi connectivity index (χ2n) is 3.39. The minimum atomic E-state index is -0.571. The summed E-state index contributed by atoms with van der Waals surface area (Å²) in [6.45, 7) is 2.00. The van der Waals surface area contributed by atoms with E-state index in [0.717, 1.165) is 11.1 Å². The number of ether oxygens (including phenoxy) is 1. The number of hydrogen-bond donors (Lipinski definition) is 0. The van der Waals surface area contributed by atoms with Crippen molar-refractivity contribution in [2.45, 2.75) is 6.92 Å². The summed E-state index contributed by atoms with van der Waals surface area (Å²) in [5.74, 6) is -0.0446. The number of benzene rings is 1. The summed E-state index contributed by atoms with van der Waals surface area (Å²) in [6, 6.07) is 7.76. The standard InChI is InChI=1S/C12H11NO3/c1-8-3-5-9(6-4-8)10-7-13-11(16-10)12(14)15-2/h3-7H,1-2H3. The predicted octanol–water partition coefficient (Wildman–Crippen LogP) is 2.44. The van der Waals surface area contributed by atoms with Crippen molar-refractivity contribution in [2.24, 2.45) is 0 Å². The number of methoxy groups -OCH3 is 1. The molecule has 0 amide bonds. The fraction of sp³-hybridized carbons (Fsp3) is 0.167. The third kappa shape index (κ3) is 1.95. The summed E-state index contributed by atoms with van der Waals surface area (Å²) >= 11 is 0. The van der Waals surface area contributed by atoms with Crippen molar-refractivity contribution in [2.75, 3.05) is 7.11 Å². The second-order valence-corrected chi connectivity index (χ2v) is 3.39. The number of esters is 1. The van der Waals surface area contributed by atoms with Gasteiger partial charge >= 0.3 is 11.9 Å². The van der Waals surface area contributed by atoms with E-state index in [0.29, 0.717) is 5.76 Å². The normalized spacial score (nSPS) is 10.1. The Labute approximate surface area is 92.9 Å². The van der Waals surface area contributed by atoms with Gasteiger partial charge in [-0.05, 0) is 6.92 Å². The Bertz CT molecular complexity index is 499. The third-order valence-corrected chi connectivity index (χ3v) is 2.20. The Balaban J connectivity index is 2.31. The molecule has 2 rings (SSSR count). The zero-order chi connectivity index (χ0) is 11.5. The van der Waals surface area contributed by atoms with Crippen molar-refractivity contribution in [3.8, 4) is 11.3 Å². The van der Waals surface area contributed by atoms with Crippen LogP contribution in [0.5, 0.6) is 0 Å². The molecule has 0 aliphatic heterocycles. The Morgan fingerprint density at radius 3 is 2.62 bits per heavy atom. The molecule has 0 aliphatic carbocycles. The Morgan fingerprint density at radius 1 is 1.31 bits per heavy atom. The van der Waals surface area contributed by atoms with Gasteiger partial charge in [-0.15, -0.1) is 0 Å². The topological polar surface area (TPSA) is 52.3 Å². The minimum absolute atomic E-state index is 0.0296. The van der Waals surface area contributed by atoms with E-state index in [1.54, 1.807) is 0 Å². The lowest BCUT2D eigenvalue weighted by Crippen LogP contribution is -2.00. The molecular formula is C12H11NO3. The van der Waals surface area contributed by atoms with Gasteiger partial charge in [0.1, 0.15) is 0 Å². The van der Waals surface area contributed by atoms with Crippen LogP contribution in [-0.4, -0.2) is 18.1 Å². The smallest absolute Gasteiger partial charge is 0.394 e. The summed E-state index contributed by atoms with van der Waals surface area (Å²) < 4.78 is 9.79. The number of rotatable bonds is 2. The molecule has 1 aromatic heterocycles. The summed E-state index contributed by atoms with van der Waals surface area (Å²) in [4.78, 5) is 15.0. The molecule has 82 valence electrons. The lowest BCUT2D eigenvalue weighted by molar-refractivity contribution is 0.0557. The number of nitrogens with zero attached hydrogens (tertiary/aromatic N) is 1. The van der Waals surface area contributed by atoms with Crippen molar-refractivity contribution in [3.05, 3.63) is 41.9 Å². The molecule has 0 saturated carbocycles.